The number of hydrogen-bond donors (Lipinski definition) is 1. The second kappa shape index (κ2) is 6.88. The van der Waals surface area contributed by atoms with E-state index in [1.807, 2.05) is 5.48 Å². The zero-order chi connectivity index (χ0) is 13.5. The first-order valence-electron chi connectivity index (χ1n) is 5.39. The van der Waals surface area contributed by atoms with E-state index in [2.05, 4.69) is 4.84 Å². The average molecular weight is 245 g/mol. The number of carbonyl (C=O) groups is 3. The zero-order valence-electron chi connectivity index (χ0n) is 10.7. The molecule has 0 spiro atoms. The molecule has 17 heavy (non-hydrogen) atoms. The summed E-state index contributed by atoms with van der Waals surface area (Å²) >= 11 is 0. The Morgan fingerprint density at radius 3 is 2.18 bits per heavy atom. The van der Waals surface area contributed by atoms with E-state index in [9.17, 15) is 14.4 Å². The second-order valence-electron chi connectivity index (χ2n) is 4.63. The van der Waals surface area contributed by atoms with E-state index in [0.717, 1.165) is 0 Å². The van der Waals surface area contributed by atoms with E-state index in [4.69, 9.17) is 4.74 Å². The molecule has 6 heteroatoms. The van der Waals surface area contributed by atoms with Crippen molar-refractivity contribution in [3.05, 3.63) is 0 Å². The lowest BCUT2D eigenvalue weighted by Gasteiger charge is -2.19. The SMILES string of the molecule is CC(=O)CCCC(=O)ONC(=O)OC(C)(C)C. The molecule has 0 aromatic heterocycles. The molecule has 1 amide bonds. The number of rotatable bonds is 4. The van der Waals surface area contributed by atoms with Crippen LogP contribution in [0.5, 0.6) is 0 Å². The Kier molecular flexibility index (Phi) is 6.23. The third kappa shape index (κ3) is 10.7. The average Bonchev–Trinajstić information content (AvgIpc) is 2.11. The Labute approximate surface area is 101 Å². The molecule has 6 nitrogen and oxygen atoms in total. The molecule has 0 aromatic carbocycles. The van der Waals surface area contributed by atoms with Crippen LogP contribution in [0, 0.1) is 0 Å². The van der Waals surface area contributed by atoms with Crippen LogP contribution in [-0.2, 0) is 19.2 Å². The molecule has 0 atom stereocenters. The lowest BCUT2D eigenvalue weighted by Crippen LogP contribution is -2.34. The maximum atomic E-state index is 11.1. The van der Waals surface area contributed by atoms with Crippen molar-refractivity contribution in [3.8, 4) is 0 Å². The normalized spacial score (nSPS) is 10.6. The highest BCUT2D eigenvalue weighted by atomic mass is 16.7. The van der Waals surface area contributed by atoms with Gasteiger partial charge in [0.25, 0.3) is 0 Å². The van der Waals surface area contributed by atoms with Crippen molar-refractivity contribution in [1.82, 2.24) is 5.48 Å². The van der Waals surface area contributed by atoms with E-state index >= 15 is 0 Å². The van der Waals surface area contributed by atoms with Gasteiger partial charge in [-0.2, -0.15) is 0 Å². The Bertz CT molecular complexity index is 293. The van der Waals surface area contributed by atoms with Gasteiger partial charge in [-0.05, 0) is 34.1 Å². The molecule has 0 aromatic rings. The molecule has 0 bridgehead atoms. The topological polar surface area (TPSA) is 81.7 Å². The molecule has 1 N–H and O–H groups in total. The van der Waals surface area contributed by atoms with Crippen LogP contribution in [0.2, 0.25) is 0 Å². The lowest BCUT2D eigenvalue weighted by atomic mass is 10.2. The number of amides is 1. The van der Waals surface area contributed by atoms with Gasteiger partial charge in [-0.25, -0.2) is 9.59 Å². The van der Waals surface area contributed by atoms with Crippen molar-refractivity contribution in [3.63, 3.8) is 0 Å². The minimum absolute atomic E-state index is 0.0119. The Balaban J connectivity index is 3.70. The maximum Gasteiger partial charge on any atom is 0.441 e. The molecular formula is C11H19NO5. The number of ketones is 1. The second-order valence-corrected chi connectivity index (χ2v) is 4.63. The molecular weight excluding hydrogens is 226 g/mol. The van der Waals surface area contributed by atoms with Crippen LogP contribution in [0.25, 0.3) is 0 Å². The van der Waals surface area contributed by atoms with Gasteiger partial charge in [0.15, 0.2) is 0 Å². The summed E-state index contributed by atoms with van der Waals surface area (Å²) in [6, 6.07) is 0. The van der Waals surface area contributed by atoms with Crippen molar-refractivity contribution in [2.45, 2.75) is 52.6 Å². The van der Waals surface area contributed by atoms with E-state index in [1.54, 1.807) is 20.8 Å². The van der Waals surface area contributed by atoms with Crippen LogP contribution in [0.4, 0.5) is 4.79 Å². The zero-order valence-corrected chi connectivity index (χ0v) is 10.7. The van der Waals surface area contributed by atoms with Gasteiger partial charge in [-0.3, -0.25) is 0 Å². The third-order valence-corrected chi connectivity index (χ3v) is 1.56. The molecule has 98 valence electrons. The third-order valence-electron chi connectivity index (χ3n) is 1.56. The Hall–Kier alpha value is -1.59. The number of hydroxylamine groups is 1. The van der Waals surface area contributed by atoms with Crippen LogP contribution in [0.1, 0.15) is 47.0 Å². The van der Waals surface area contributed by atoms with E-state index in [-0.39, 0.29) is 12.2 Å². The minimum Gasteiger partial charge on any atom is -0.442 e. The number of hydrogen-bond acceptors (Lipinski definition) is 5. The van der Waals surface area contributed by atoms with Crippen LogP contribution >= 0.6 is 0 Å². The molecule has 0 aliphatic rings. The van der Waals surface area contributed by atoms with Crippen molar-refractivity contribution in [2.75, 3.05) is 0 Å². The first-order chi connectivity index (χ1) is 7.70. The number of carbonyl (C=O) groups excluding carboxylic acids is 3. The van der Waals surface area contributed by atoms with E-state index in [0.29, 0.717) is 12.8 Å². The first-order valence-corrected chi connectivity index (χ1v) is 5.39. The fraction of sp³-hybridized carbons (Fsp3) is 0.727. The van der Waals surface area contributed by atoms with Crippen molar-refractivity contribution < 1.29 is 24.0 Å². The maximum absolute atomic E-state index is 11.1. The molecule has 0 unspecified atom stereocenters. The summed E-state index contributed by atoms with van der Waals surface area (Å²) in [6.07, 6.45) is -0.0152. The smallest absolute Gasteiger partial charge is 0.441 e. The lowest BCUT2D eigenvalue weighted by molar-refractivity contribution is -0.150. The van der Waals surface area contributed by atoms with E-state index < -0.39 is 17.7 Å². The molecule has 0 rings (SSSR count). The van der Waals surface area contributed by atoms with Crippen molar-refractivity contribution in [1.29, 1.82) is 0 Å². The van der Waals surface area contributed by atoms with Crippen molar-refractivity contribution in [2.24, 2.45) is 0 Å². The standard InChI is InChI=1S/C11H19NO5/c1-8(13)6-5-7-9(14)17-12-10(15)16-11(2,3)4/h5-7H2,1-4H3,(H,12,15). The van der Waals surface area contributed by atoms with Crippen LogP contribution in [-0.4, -0.2) is 23.4 Å². The fourth-order valence-corrected chi connectivity index (χ4v) is 0.930. The number of ether oxygens (including phenoxy) is 1. The molecule has 0 fully saturated rings. The number of nitrogens with one attached hydrogen (secondary N) is 1. The van der Waals surface area contributed by atoms with Gasteiger partial charge < -0.3 is 14.4 Å². The highest BCUT2D eigenvalue weighted by Gasteiger charge is 2.17. The summed E-state index contributed by atoms with van der Waals surface area (Å²) in [6.45, 7) is 6.54. The van der Waals surface area contributed by atoms with Crippen LogP contribution in [0.15, 0.2) is 0 Å². The fourth-order valence-electron chi connectivity index (χ4n) is 0.930. The van der Waals surface area contributed by atoms with Gasteiger partial charge in [0.1, 0.15) is 11.4 Å². The monoisotopic (exact) mass is 245 g/mol. The van der Waals surface area contributed by atoms with Gasteiger partial charge in [-0.1, -0.05) is 0 Å². The highest BCUT2D eigenvalue weighted by Crippen LogP contribution is 2.06. The first kappa shape index (κ1) is 15.4. The summed E-state index contributed by atoms with van der Waals surface area (Å²) in [4.78, 5) is 37.2. The summed E-state index contributed by atoms with van der Waals surface area (Å²) in [5.41, 5.74) is 1.23. The van der Waals surface area contributed by atoms with Crippen LogP contribution < -0.4 is 5.48 Å². The minimum atomic E-state index is -0.822. The molecule has 0 saturated heterocycles. The summed E-state index contributed by atoms with van der Waals surface area (Å²) < 4.78 is 4.85. The quantitative estimate of drug-likeness (QED) is 0.763. The summed E-state index contributed by atoms with van der Waals surface area (Å²) in [7, 11) is 0. The van der Waals surface area contributed by atoms with Gasteiger partial charge in [0, 0.05) is 12.8 Å². The van der Waals surface area contributed by atoms with Crippen LogP contribution in [0.3, 0.4) is 0 Å². The summed E-state index contributed by atoms with van der Waals surface area (Å²) in [5.74, 6) is -0.588. The molecule has 0 aliphatic carbocycles. The van der Waals surface area contributed by atoms with Gasteiger partial charge in [0.2, 0.25) is 0 Å². The van der Waals surface area contributed by atoms with Crippen molar-refractivity contribution >= 4 is 17.8 Å². The predicted molar refractivity (Wildman–Crippen MR) is 60.0 cm³/mol. The highest BCUT2D eigenvalue weighted by molar-refractivity contribution is 5.77. The Morgan fingerprint density at radius 1 is 1.12 bits per heavy atom. The molecule has 0 aliphatic heterocycles. The molecule has 0 heterocycles. The van der Waals surface area contributed by atoms with Gasteiger partial charge in [0.05, 0.1) is 0 Å². The molecule has 0 radical (unpaired) electrons. The Morgan fingerprint density at radius 2 is 1.71 bits per heavy atom. The molecule has 0 saturated carbocycles. The largest absolute Gasteiger partial charge is 0.442 e. The predicted octanol–water partition coefficient (Wildman–Crippen LogP) is 1.73. The van der Waals surface area contributed by atoms with Gasteiger partial charge >= 0.3 is 12.1 Å². The van der Waals surface area contributed by atoms with Gasteiger partial charge in [-0.15, -0.1) is 5.48 Å². The number of Topliss-reactive ketones (excluding diaryl/α,β-unsaturated/α-hetero) is 1. The summed E-state index contributed by atoms with van der Waals surface area (Å²) in [5, 5.41) is 0. The van der Waals surface area contributed by atoms with E-state index in [1.165, 1.54) is 6.92 Å².